The van der Waals surface area contributed by atoms with Crippen LogP contribution < -0.4 is 4.90 Å². The molecule has 0 atom stereocenters. The van der Waals surface area contributed by atoms with Crippen molar-refractivity contribution in [3.63, 3.8) is 0 Å². The molecule has 19 heavy (non-hydrogen) atoms. The number of hydrogen-bond donors (Lipinski definition) is 0. The zero-order valence-electron chi connectivity index (χ0n) is 9.99. The molecule has 98 valence electrons. The van der Waals surface area contributed by atoms with Crippen LogP contribution in [0.3, 0.4) is 0 Å². The normalized spacial score (nSPS) is 11.1. The first-order chi connectivity index (χ1) is 9.13. The van der Waals surface area contributed by atoms with Crippen LogP contribution in [0.1, 0.15) is 0 Å². The predicted molar refractivity (Wildman–Crippen MR) is 80.8 cm³/mol. The second-order valence-corrected chi connectivity index (χ2v) is 7.21. The van der Waals surface area contributed by atoms with Crippen molar-refractivity contribution in [3.05, 3.63) is 16.7 Å². The summed E-state index contributed by atoms with van der Waals surface area (Å²) in [4.78, 5) is 11.3. The Bertz CT molecular complexity index is 723. The van der Waals surface area contributed by atoms with Crippen molar-refractivity contribution in [1.29, 1.82) is 0 Å². The van der Waals surface area contributed by atoms with Gasteiger partial charge in [-0.05, 0) is 34.8 Å². The van der Waals surface area contributed by atoms with Crippen molar-refractivity contribution in [3.8, 4) is 0 Å². The Balaban J connectivity index is 1.97. The van der Waals surface area contributed by atoms with Crippen LogP contribution in [-0.2, 0) is 0 Å². The van der Waals surface area contributed by atoms with E-state index in [9.17, 15) is 0 Å². The Morgan fingerprint density at radius 2 is 2.11 bits per heavy atom. The van der Waals surface area contributed by atoms with E-state index < -0.39 is 0 Å². The van der Waals surface area contributed by atoms with Gasteiger partial charge in [0.15, 0.2) is 4.34 Å². The van der Waals surface area contributed by atoms with Crippen molar-refractivity contribution < 1.29 is 0 Å². The van der Waals surface area contributed by atoms with Gasteiger partial charge in [0.05, 0.1) is 0 Å². The van der Waals surface area contributed by atoms with Gasteiger partial charge in [-0.1, -0.05) is 11.3 Å². The van der Waals surface area contributed by atoms with Gasteiger partial charge in [-0.3, -0.25) is 0 Å². The number of nitrogens with zero attached hydrogens (tertiary/aromatic N) is 5. The molecule has 0 aliphatic heterocycles. The Morgan fingerprint density at radius 3 is 2.84 bits per heavy atom. The first kappa shape index (κ1) is 13.0. The highest BCUT2D eigenvalue weighted by Crippen LogP contribution is 2.36. The lowest BCUT2D eigenvalue weighted by Gasteiger charge is -2.03. The van der Waals surface area contributed by atoms with Gasteiger partial charge in [-0.15, -0.1) is 21.5 Å². The molecule has 0 bridgehead atoms. The van der Waals surface area contributed by atoms with Crippen LogP contribution in [0, 0.1) is 0 Å². The van der Waals surface area contributed by atoms with Crippen LogP contribution in [0.5, 0.6) is 0 Å². The molecule has 0 fully saturated rings. The number of thiophene rings is 1. The fourth-order valence-electron chi connectivity index (χ4n) is 1.39. The zero-order valence-corrected chi connectivity index (χ0v) is 13.2. The zero-order chi connectivity index (χ0) is 13.4. The Labute approximate surface area is 126 Å². The van der Waals surface area contributed by atoms with Gasteiger partial charge in [0.1, 0.15) is 9.86 Å². The molecule has 5 nitrogen and oxygen atoms in total. The third-order valence-electron chi connectivity index (χ3n) is 2.23. The van der Waals surface area contributed by atoms with Gasteiger partial charge >= 0.3 is 0 Å². The van der Waals surface area contributed by atoms with Crippen LogP contribution in [-0.4, -0.2) is 34.3 Å². The van der Waals surface area contributed by atoms with E-state index in [-0.39, 0.29) is 5.28 Å². The summed E-state index contributed by atoms with van der Waals surface area (Å²) in [6.45, 7) is 0. The minimum absolute atomic E-state index is 0.259. The molecule has 0 aromatic carbocycles. The molecule has 0 spiro atoms. The number of anilines is 1. The summed E-state index contributed by atoms with van der Waals surface area (Å²) < 4.78 is 0.839. The third-order valence-corrected chi connectivity index (χ3v) is 5.35. The summed E-state index contributed by atoms with van der Waals surface area (Å²) >= 11 is 10.5. The van der Waals surface area contributed by atoms with Gasteiger partial charge in [-0.2, -0.15) is 0 Å². The van der Waals surface area contributed by atoms with Crippen molar-refractivity contribution in [2.75, 3.05) is 19.0 Å². The lowest BCUT2D eigenvalue weighted by Crippen LogP contribution is -2.07. The van der Waals surface area contributed by atoms with E-state index in [1.807, 2.05) is 30.4 Å². The minimum atomic E-state index is 0.259. The number of aromatic nitrogens is 4. The molecule has 0 aliphatic rings. The second-order valence-electron chi connectivity index (χ2n) is 3.78. The first-order valence-corrected chi connectivity index (χ1v) is 8.12. The molecule has 9 heteroatoms. The van der Waals surface area contributed by atoms with Crippen molar-refractivity contribution in [1.82, 2.24) is 20.2 Å². The average Bonchev–Trinajstić information content (AvgIpc) is 2.96. The number of fused-ring (bicyclic) bond motifs is 1. The largest absolute Gasteiger partial charge is 0.353 e. The average molecular weight is 330 g/mol. The van der Waals surface area contributed by atoms with Crippen LogP contribution in [0.25, 0.3) is 10.2 Å². The van der Waals surface area contributed by atoms with Crippen molar-refractivity contribution >= 4 is 61.4 Å². The molecule has 0 amide bonds. The fraction of sp³-hybridized carbons (Fsp3) is 0.200. The van der Waals surface area contributed by atoms with Gasteiger partial charge in [-0.25, -0.2) is 9.97 Å². The fourth-order valence-corrected chi connectivity index (χ4v) is 4.27. The van der Waals surface area contributed by atoms with Gasteiger partial charge in [0.2, 0.25) is 10.4 Å². The van der Waals surface area contributed by atoms with Crippen LogP contribution in [0.15, 0.2) is 20.8 Å². The predicted octanol–water partition coefficient (Wildman–Crippen LogP) is 3.41. The third kappa shape index (κ3) is 2.66. The summed E-state index contributed by atoms with van der Waals surface area (Å²) in [7, 11) is 3.88. The molecule has 3 aromatic rings. The lowest BCUT2D eigenvalue weighted by atomic mass is 10.4. The van der Waals surface area contributed by atoms with Gasteiger partial charge in [0.25, 0.3) is 0 Å². The number of halogens is 1. The Kier molecular flexibility index (Phi) is 3.57. The minimum Gasteiger partial charge on any atom is -0.353 e. The molecule has 3 rings (SSSR count). The number of hydrogen-bond acceptors (Lipinski definition) is 8. The second kappa shape index (κ2) is 5.20. The SMILES string of the molecule is CN(C)c1nnc(Sc2nc(Cl)nc3sccc23)s1. The quantitative estimate of drug-likeness (QED) is 0.542. The lowest BCUT2D eigenvalue weighted by molar-refractivity contribution is 0.970. The summed E-state index contributed by atoms with van der Waals surface area (Å²) in [5, 5.41) is 13.2. The molecule has 0 saturated heterocycles. The molecule has 0 aliphatic carbocycles. The summed E-state index contributed by atoms with van der Waals surface area (Å²) in [6.07, 6.45) is 0. The van der Waals surface area contributed by atoms with E-state index >= 15 is 0 Å². The van der Waals surface area contributed by atoms with Crippen LogP contribution in [0.4, 0.5) is 5.13 Å². The van der Waals surface area contributed by atoms with Crippen molar-refractivity contribution in [2.24, 2.45) is 0 Å². The summed E-state index contributed by atoms with van der Waals surface area (Å²) in [6, 6.07) is 1.99. The van der Waals surface area contributed by atoms with E-state index in [1.165, 1.54) is 23.1 Å². The Morgan fingerprint density at radius 1 is 1.26 bits per heavy atom. The monoisotopic (exact) mass is 329 g/mol. The van der Waals surface area contributed by atoms with E-state index in [0.29, 0.717) is 0 Å². The maximum absolute atomic E-state index is 5.93. The standard InChI is InChI=1S/C10H8ClN5S3/c1-16(2)9-14-15-10(19-9)18-7-5-3-4-17-6(5)12-8(11)13-7/h3-4H,1-2H3. The Hall–Kier alpha value is -0.960. The maximum Gasteiger partial charge on any atom is 0.224 e. The summed E-state index contributed by atoms with van der Waals surface area (Å²) in [5.74, 6) is 0. The topological polar surface area (TPSA) is 54.8 Å². The molecule has 0 saturated carbocycles. The van der Waals surface area contributed by atoms with E-state index in [1.54, 1.807) is 11.3 Å². The summed E-state index contributed by atoms with van der Waals surface area (Å²) in [5.41, 5.74) is 0. The highest BCUT2D eigenvalue weighted by atomic mass is 35.5. The molecule has 0 N–H and O–H groups in total. The molecule has 3 heterocycles. The van der Waals surface area contributed by atoms with Crippen molar-refractivity contribution in [2.45, 2.75) is 9.37 Å². The van der Waals surface area contributed by atoms with E-state index in [0.717, 1.165) is 24.7 Å². The first-order valence-electron chi connectivity index (χ1n) is 5.23. The van der Waals surface area contributed by atoms with Crippen LogP contribution >= 0.6 is 46.0 Å². The molecule has 3 aromatic heterocycles. The van der Waals surface area contributed by atoms with E-state index in [2.05, 4.69) is 20.2 Å². The van der Waals surface area contributed by atoms with Gasteiger partial charge < -0.3 is 4.90 Å². The smallest absolute Gasteiger partial charge is 0.224 e. The van der Waals surface area contributed by atoms with Crippen LogP contribution in [0.2, 0.25) is 5.28 Å². The van der Waals surface area contributed by atoms with E-state index in [4.69, 9.17) is 11.6 Å². The molecular weight excluding hydrogens is 322 g/mol. The maximum atomic E-state index is 5.93. The molecule has 0 radical (unpaired) electrons. The highest BCUT2D eigenvalue weighted by molar-refractivity contribution is 8.01. The highest BCUT2D eigenvalue weighted by Gasteiger charge is 2.13. The van der Waals surface area contributed by atoms with Gasteiger partial charge in [0, 0.05) is 19.5 Å². The number of rotatable bonds is 3. The molecular formula is C10H8ClN5S3. The molecule has 0 unspecified atom stereocenters.